The molecule has 0 aliphatic carbocycles. The summed E-state index contributed by atoms with van der Waals surface area (Å²) in [5.74, 6) is 0.739. The van der Waals surface area contributed by atoms with E-state index in [1.807, 2.05) is 25.1 Å². The Morgan fingerprint density at radius 1 is 1.20 bits per heavy atom. The molecule has 15 heavy (non-hydrogen) atoms. The molecule has 0 N–H and O–H groups in total. The van der Waals surface area contributed by atoms with Gasteiger partial charge in [0.15, 0.2) is 0 Å². The highest BCUT2D eigenvalue weighted by atomic mass is 35.5. The van der Waals surface area contributed by atoms with E-state index in [2.05, 4.69) is 15.0 Å². The van der Waals surface area contributed by atoms with Crippen molar-refractivity contribution >= 4 is 11.6 Å². The van der Waals surface area contributed by atoms with Gasteiger partial charge in [0.1, 0.15) is 11.0 Å². The fraction of sp³-hybridized carbons (Fsp3) is 0.182. The summed E-state index contributed by atoms with van der Waals surface area (Å²) in [6.45, 7) is 1.99. The first-order valence-electron chi connectivity index (χ1n) is 4.74. The third-order valence-electron chi connectivity index (χ3n) is 1.98. The highest BCUT2D eigenvalue weighted by molar-refractivity contribution is 6.29. The first kappa shape index (κ1) is 10.1. The molecule has 0 saturated heterocycles. The van der Waals surface area contributed by atoms with Crippen molar-refractivity contribution in [1.82, 2.24) is 15.0 Å². The van der Waals surface area contributed by atoms with Gasteiger partial charge in [-0.05, 0) is 12.1 Å². The second-order valence-corrected chi connectivity index (χ2v) is 3.45. The number of hydrogen-bond acceptors (Lipinski definition) is 3. The van der Waals surface area contributed by atoms with Gasteiger partial charge in [-0.1, -0.05) is 24.6 Å². The maximum absolute atomic E-state index is 5.90. The zero-order chi connectivity index (χ0) is 10.7. The summed E-state index contributed by atoms with van der Waals surface area (Å²) in [5.41, 5.74) is 1.59. The van der Waals surface area contributed by atoms with Crippen LogP contribution in [0.4, 0.5) is 0 Å². The molecule has 0 spiro atoms. The van der Waals surface area contributed by atoms with Gasteiger partial charge in [0, 0.05) is 18.7 Å². The topological polar surface area (TPSA) is 38.7 Å². The quantitative estimate of drug-likeness (QED) is 0.729. The van der Waals surface area contributed by atoms with Gasteiger partial charge < -0.3 is 0 Å². The Kier molecular flexibility index (Phi) is 2.92. The van der Waals surface area contributed by atoms with E-state index in [1.165, 1.54) is 0 Å². The van der Waals surface area contributed by atoms with Crippen molar-refractivity contribution in [2.24, 2.45) is 0 Å². The van der Waals surface area contributed by atoms with E-state index < -0.39 is 0 Å². The molecular weight excluding hydrogens is 210 g/mol. The molecule has 0 atom stereocenters. The Morgan fingerprint density at radius 2 is 2.07 bits per heavy atom. The normalized spacial score (nSPS) is 10.3. The van der Waals surface area contributed by atoms with Crippen LogP contribution in [-0.2, 0) is 6.42 Å². The molecule has 0 amide bonds. The van der Waals surface area contributed by atoms with E-state index in [1.54, 1.807) is 12.3 Å². The van der Waals surface area contributed by atoms with Gasteiger partial charge in [-0.25, -0.2) is 9.97 Å². The van der Waals surface area contributed by atoms with Crippen molar-refractivity contribution in [1.29, 1.82) is 0 Å². The van der Waals surface area contributed by atoms with Crippen LogP contribution in [0.1, 0.15) is 12.7 Å². The Labute approximate surface area is 93.2 Å². The summed E-state index contributed by atoms with van der Waals surface area (Å²) in [6, 6.07) is 7.41. The van der Waals surface area contributed by atoms with Gasteiger partial charge in [0.25, 0.3) is 0 Å². The molecule has 0 radical (unpaired) electrons. The third kappa shape index (κ3) is 2.30. The number of rotatable bonds is 2. The van der Waals surface area contributed by atoms with Crippen LogP contribution in [0.2, 0.25) is 5.15 Å². The lowest BCUT2D eigenvalue weighted by Crippen LogP contribution is -1.96. The van der Waals surface area contributed by atoms with Crippen LogP contribution >= 0.6 is 11.6 Å². The molecule has 2 rings (SSSR count). The minimum Gasteiger partial charge on any atom is -0.255 e. The molecule has 0 fully saturated rings. The number of hydrogen-bond donors (Lipinski definition) is 0. The van der Waals surface area contributed by atoms with Gasteiger partial charge in [-0.2, -0.15) is 0 Å². The molecule has 4 heteroatoms. The molecule has 0 aliphatic heterocycles. The summed E-state index contributed by atoms with van der Waals surface area (Å²) in [4.78, 5) is 12.7. The predicted molar refractivity (Wildman–Crippen MR) is 59.7 cm³/mol. The molecule has 0 aliphatic rings. The summed E-state index contributed by atoms with van der Waals surface area (Å²) >= 11 is 5.90. The number of pyridine rings is 1. The molecule has 3 nitrogen and oxygen atoms in total. The van der Waals surface area contributed by atoms with Crippen molar-refractivity contribution in [3.05, 3.63) is 41.4 Å². The first-order chi connectivity index (χ1) is 7.29. The molecule has 76 valence electrons. The van der Waals surface area contributed by atoms with Crippen LogP contribution in [-0.4, -0.2) is 15.0 Å². The molecule has 2 aromatic heterocycles. The van der Waals surface area contributed by atoms with E-state index in [-0.39, 0.29) is 0 Å². The molecular formula is C11H10ClN3. The average Bonchev–Trinajstić information content (AvgIpc) is 2.29. The highest BCUT2D eigenvalue weighted by Gasteiger charge is 2.04. The van der Waals surface area contributed by atoms with Crippen molar-refractivity contribution in [2.75, 3.05) is 0 Å². The predicted octanol–water partition coefficient (Wildman–Crippen LogP) is 2.75. The SMILES string of the molecule is CCc1nc(Cl)cc(-c2ccccn2)n1. The van der Waals surface area contributed by atoms with Gasteiger partial charge in [-0.3, -0.25) is 4.98 Å². The Bertz CT molecular complexity index is 457. The lowest BCUT2D eigenvalue weighted by atomic mass is 10.2. The zero-order valence-corrected chi connectivity index (χ0v) is 9.07. The number of nitrogens with zero attached hydrogens (tertiary/aromatic N) is 3. The average molecular weight is 220 g/mol. The smallest absolute Gasteiger partial charge is 0.133 e. The molecule has 2 aromatic rings. The molecule has 2 heterocycles. The Morgan fingerprint density at radius 3 is 2.73 bits per heavy atom. The van der Waals surface area contributed by atoms with Crippen LogP contribution in [0.25, 0.3) is 11.4 Å². The Hall–Kier alpha value is -1.48. The molecule has 0 saturated carbocycles. The van der Waals surface area contributed by atoms with Gasteiger partial charge in [0.05, 0.1) is 11.4 Å². The van der Waals surface area contributed by atoms with E-state index in [0.717, 1.165) is 23.6 Å². The first-order valence-corrected chi connectivity index (χ1v) is 5.12. The van der Waals surface area contributed by atoms with E-state index in [4.69, 9.17) is 11.6 Å². The van der Waals surface area contributed by atoms with Crippen LogP contribution in [0, 0.1) is 0 Å². The monoisotopic (exact) mass is 219 g/mol. The van der Waals surface area contributed by atoms with Gasteiger partial charge in [-0.15, -0.1) is 0 Å². The van der Waals surface area contributed by atoms with Crippen molar-refractivity contribution in [2.45, 2.75) is 13.3 Å². The second-order valence-electron chi connectivity index (χ2n) is 3.06. The standard InChI is InChI=1S/C11H10ClN3/c1-2-11-14-9(7-10(12)15-11)8-5-3-4-6-13-8/h3-7H,2H2,1H3. The fourth-order valence-corrected chi connectivity index (χ4v) is 1.47. The molecule has 0 unspecified atom stereocenters. The lowest BCUT2D eigenvalue weighted by Gasteiger charge is -2.02. The number of aryl methyl sites for hydroxylation is 1. The minimum absolute atomic E-state index is 0.461. The molecule has 0 aromatic carbocycles. The van der Waals surface area contributed by atoms with Crippen molar-refractivity contribution in [3.63, 3.8) is 0 Å². The van der Waals surface area contributed by atoms with Crippen molar-refractivity contribution < 1.29 is 0 Å². The fourth-order valence-electron chi connectivity index (χ4n) is 1.27. The largest absolute Gasteiger partial charge is 0.255 e. The summed E-state index contributed by atoms with van der Waals surface area (Å²) in [6.07, 6.45) is 2.50. The second kappa shape index (κ2) is 4.36. The lowest BCUT2D eigenvalue weighted by molar-refractivity contribution is 0.941. The summed E-state index contributed by atoms with van der Waals surface area (Å²) in [7, 11) is 0. The Balaban J connectivity index is 2.49. The number of aromatic nitrogens is 3. The minimum atomic E-state index is 0.461. The molecule has 0 bridgehead atoms. The zero-order valence-electron chi connectivity index (χ0n) is 8.31. The number of halogens is 1. The van der Waals surface area contributed by atoms with Gasteiger partial charge >= 0.3 is 0 Å². The highest BCUT2D eigenvalue weighted by Crippen LogP contribution is 2.17. The van der Waals surface area contributed by atoms with Crippen LogP contribution in [0.15, 0.2) is 30.5 Å². The van der Waals surface area contributed by atoms with Crippen LogP contribution in [0.5, 0.6) is 0 Å². The van der Waals surface area contributed by atoms with E-state index in [0.29, 0.717) is 5.15 Å². The maximum Gasteiger partial charge on any atom is 0.133 e. The van der Waals surface area contributed by atoms with Gasteiger partial charge in [0.2, 0.25) is 0 Å². The maximum atomic E-state index is 5.90. The van der Waals surface area contributed by atoms with E-state index in [9.17, 15) is 0 Å². The summed E-state index contributed by atoms with van der Waals surface area (Å²) in [5, 5.41) is 0.461. The van der Waals surface area contributed by atoms with Crippen LogP contribution < -0.4 is 0 Å². The van der Waals surface area contributed by atoms with E-state index >= 15 is 0 Å². The van der Waals surface area contributed by atoms with Crippen molar-refractivity contribution in [3.8, 4) is 11.4 Å². The van der Waals surface area contributed by atoms with Crippen LogP contribution in [0.3, 0.4) is 0 Å². The third-order valence-corrected chi connectivity index (χ3v) is 2.18. The summed E-state index contributed by atoms with van der Waals surface area (Å²) < 4.78 is 0.